The Morgan fingerprint density at radius 3 is 2.75 bits per heavy atom. The first-order valence-corrected chi connectivity index (χ1v) is 9.75. The van der Waals surface area contributed by atoms with Crippen LogP contribution in [-0.2, 0) is 20.9 Å². The highest BCUT2D eigenvalue weighted by Gasteiger charge is 2.29. The first-order valence-electron chi connectivity index (χ1n) is 9.75. The van der Waals surface area contributed by atoms with Crippen LogP contribution in [0.5, 0.6) is 5.75 Å². The predicted octanol–water partition coefficient (Wildman–Crippen LogP) is 2.20. The molecule has 0 unspecified atom stereocenters. The van der Waals surface area contributed by atoms with Gasteiger partial charge in [-0.2, -0.15) is 0 Å². The van der Waals surface area contributed by atoms with Crippen molar-refractivity contribution in [1.82, 2.24) is 9.47 Å². The number of hydrogen-bond acceptors (Lipinski definition) is 5. The van der Waals surface area contributed by atoms with Crippen molar-refractivity contribution in [2.45, 2.75) is 33.2 Å². The van der Waals surface area contributed by atoms with Crippen LogP contribution in [0.4, 0.5) is 0 Å². The number of nitrogens with zero attached hydrogens (tertiary/aromatic N) is 2. The molecular weight excluding hydrogens is 360 g/mol. The molecule has 1 amide bonds. The zero-order valence-corrected chi connectivity index (χ0v) is 16.3. The highest BCUT2D eigenvalue weighted by Crippen LogP contribution is 2.24. The number of amides is 1. The molecule has 1 aromatic heterocycles. The number of aromatic nitrogens is 1. The number of carbonyl (C=O) groups is 2. The minimum Gasteiger partial charge on any atom is -0.483 e. The Labute approximate surface area is 163 Å². The van der Waals surface area contributed by atoms with E-state index in [1.54, 1.807) is 16.4 Å². The van der Waals surface area contributed by atoms with Gasteiger partial charge in [0.1, 0.15) is 5.75 Å². The molecule has 7 heteroatoms. The molecule has 1 saturated heterocycles. The fourth-order valence-electron chi connectivity index (χ4n) is 3.64. The number of pyridine rings is 1. The van der Waals surface area contributed by atoms with Crippen LogP contribution in [0.2, 0.25) is 0 Å². The van der Waals surface area contributed by atoms with Crippen LogP contribution in [0.15, 0.2) is 35.1 Å². The lowest BCUT2D eigenvalue weighted by Crippen LogP contribution is -2.44. The molecule has 7 nitrogen and oxygen atoms in total. The zero-order valence-electron chi connectivity index (χ0n) is 16.3. The van der Waals surface area contributed by atoms with Crippen molar-refractivity contribution in [1.29, 1.82) is 0 Å². The lowest BCUT2D eigenvalue weighted by atomic mass is 9.98. The van der Waals surface area contributed by atoms with Crippen LogP contribution in [0, 0.1) is 5.92 Å². The van der Waals surface area contributed by atoms with E-state index in [0.29, 0.717) is 32.0 Å². The monoisotopic (exact) mass is 386 g/mol. The number of esters is 1. The molecule has 3 rings (SSSR count). The Hall–Kier alpha value is -2.83. The Bertz CT molecular complexity index is 921. The minimum absolute atomic E-state index is 0.163. The van der Waals surface area contributed by atoms with Crippen LogP contribution in [0.25, 0.3) is 10.9 Å². The lowest BCUT2D eigenvalue weighted by molar-refractivity contribution is -0.151. The second kappa shape index (κ2) is 8.91. The van der Waals surface area contributed by atoms with Gasteiger partial charge in [0.2, 0.25) is 0 Å². The average molecular weight is 386 g/mol. The van der Waals surface area contributed by atoms with E-state index in [2.05, 4.69) is 0 Å². The van der Waals surface area contributed by atoms with E-state index in [9.17, 15) is 14.4 Å². The van der Waals surface area contributed by atoms with Gasteiger partial charge in [-0.1, -0.05) is 12.1 Å². The van der Waals surface area contributed by atoms with Gasteiger partial charge in [0.15, 0.2) is 6.61 Å². The van der Waals surface area contributed by atoms with Crippen molar-refractivity contribution in [3.05, 3.63) is 40.7 Å². The van der Waals surface area contributed by atoms with Crippen molar-refractivity contribution < 1.29 is 19.1 Å². The van der Waals surface area contributed by atoms with Crippen molar-refractivity contribution in [3.8, 4) is 5.75 Å². The van der Waals surface area contributed by atoms with Gasteiger partial charge in [-0.05, 0) is 38.8 Å². The number of ether oxygens (including phenoxy) is 2. The van der Waals surface area contributed by atoms with Crippen LogP contribution in [-0.4, -0.2) is 47.6 Å². The van der Waals surface area contributed by atoms with Crippen molar-refractivity contribution in [3.63, 3.8) is 0 Å². The number of hydrogen-bond donors (Lipinski definition) is 0. The molecule has 0 N–H and O–H groups in total. The molecule has 0 saturated carbocycles. The van der Waals surface area contributed by atoms with Gasteiger partial charge in [-0.25, -0.2) is 0 Å². The summed E-state index contributed by atoms with van der Waals surface area (Å²) in [5, 5.41) is 0.791. The smallest absolute Gasteiger partial charge is 0.310 e. The summed E-state index contributed by atoms with van der Waals surface area (Å²) >= 11 is 0. The summed E-state index contributed by atoms with van der Waals surface area (Å²) in [7, 11) is 0. The molecule has 2 aromatic rings. The number of benzene rings is 1. The maximum absolute atomic E-state index is 12.6. The molecule has 1 fully saturated rings. The first kappa shape index (κ1) is 19.9. The molecule has 1 aliphatic rings. The molecule has 150 valence electrons. The summed E-state index contributed by atoms with van der Waals surface area (Å²) in [6.45, 7) is 5.34. The van der Waals surface area contributed by atoms with Gasteiger partial charge in [-0.3, -0.25) is 14.4 Å². The average Bonchev–Trinajstić information content (AvgIpc) is 2.72. The number of likely N-dealkylation sites (tertiary alicyclic amines) is 1. The molecule has 0 spiro atoms. The zero-order chi connectivity index (χ0) is 20.1. The van der Waals surface area contributed by atoms with Crippen molar-refractivity contribution in [2.24, 2.45) is 5.92 Å². The van der Waals surface area contributed by atoms with E-state index >= 15 is 0 Å². The molecule has 0 aliphatic carbocycles. The maximum atomic E-state index is 12.6. The summed E-state index contributed by atoms with van der Waals surface area (Å²) in [6, 6.07) is 8.90. The van der Waals surface area contributed by atoms with Crippen molar-refractivity contribution >= 4 is 22.8 Å². The van der Waals surface area contributed by atoms with E-state index in [0.717, 1.165) is 23.7 Å². The number of fused-ring (bicyclic) bond motifs is 1. The Morgan fingerprint density at radius 1 is 1.21 bits per heavy atom. The summed E-state index contributed by atoms with van der Waals surface area (Å²) in [6.07, 6.45) is 1.48. The molecule has 2 heterocycles. The molecule has 0 radical (unpaired) electrons. The number of para-hydroxylation sites is 1. The van der Waals surface area contributed by atoms with Crippen LogP contribution >= 0.6 is 0 Å². The van der Waals surface area contributed by atoms with E-state index in [4.69, 9.17) is 9.47 Å². The molecular formula is C21H26N2O5. The second-order valence-electron chi connectivity index (χ2n) is 6.83. The van der Waals surface area contributed by atoms with Gasteiger partial charge in [0.25, 0.3) is 11.5 Å². The summed E-state index contributed by atoms with van der Waals surface area (Å²) < 4.78 is 12.5. The third-order valence-corrected chi connectivity index (χ3v) is 5.04. The number of piperidine rings is 1. The predicted molar refractivity (Wildman–Crippen MR) is 105 cm³/mol. The fourth-order valence-corrected chi connectivity index (χ4v) is 3.64. The lowest BCUT2D eigenvalue weighted by Gasteiger charge is -2.31. The van der Waals surface area contributed by atoms with Crippen LogP contribution in [0.1, 0.15) is 26.7 Å². The van der Waals surface area contributed by atoms with Crippen molar-refractivity contribution in [2.75, 3.05) is 26.3 Å². The molecule has 1 aromatic carbocycles. The Kier molecular flexibility index (Phi) is 6.34. The van der Waals surface area contributed by atoms with E-state index < -0.39 is 0 Å². The number of aryl methyl sites for hydroxylation is 1. The van der Waals surface area contributed by atoms with E-state index in [1.165, 1.54) is 6.07 Å². The van der Waals surface area contributed by atoms with Crippen LogP contribution < -0.4 is 10.3 Å². The minimum atomic E-state index is -0.285. The largest absolute Gasteiger partial charge is 0.483 e. The summed E-state index contributed by atoms with van der Waals surface area (Å²) in [5.74, 6) is -0.336. The van der Waals surface area contributed by atoms with Gasteiger partial charge >= 0.3 is 5.97 Å². The molecule has 0 bridgehead atoms. The fraction of sp³-hybridized carbons (Fsp3) is 0.476. The maximum Gasteiger partial charge on any atom is 0.310 e. The first-order chi connectivity index (χ1) is 13.5. The summed E-state index contributed by atoms with van der Waals surface area (Å²) in [5.41, 5.74) is 0.615. The highest BCUT2D eigenvalue weighted by molar-refractivity contribution is 5.86. The third-order valence-electron chi connectivity index (χ3n) is 5.04. The number of rotatable bonds is 6. The number of carbonyl (C=O) groups excluding carboxylic acids is 2. The SMILES string of the molecule is CCOC(=O)[C@@H]1CCCN(C(=O)COc2cc(=O)n(CC)c3ccccc23)C1. The normalized spacial score (nSPS) is 16.8. The standard InChI is InChI=1S/C21H26N2O5/c1-3-23-17-10-6-5-9-16(17)18(12-19(23)24)28-14-20(25)22-11-7-8-15(13-22)21(26)27-4-2/h5-6,9-10,12,15H,3-4,7-8,11,13-14H2,1-2H3/t15-/m1/s1. The summed E-state index contributed by atoms with van der Waals surface area (Å²) in [4.78, 5) is 38.6. The molecule has 28 heavy (non-hydrogen) atoms. The Morgan fingerprint density at radius 2 is 2.00 bits per heavy atom. The Balaban J connectivity index is 1.71. The van der Waals surface area contributed by atoms with E-state index in [-0.39, 0.29) is 30.0 Å². The van der Waals surface area contributed by atoms with Gasteiger partial charge < -0.3 is 18.9 Å². The highest BCUT2D eigenvalue weighted by atomic mass is 16.5. The van der Waals surface area contributed by atoms with Crippen LogP contribution in [0.3, 0.4) is 0 Å². The van der Waals surface area contributed by atoms with Gasteiger partial charge in [0.05, 0.1) is 18.0 Å². The topological polar surface area (TPSA) is 77.8 Å². The molecule has 1 atom stereocenters. The molecule has 1 aliphatic heterocycles. The van der Waals surface area contributed by atoms with Gasteiger partial charge in [0, 0.05) is 31.1 Å². The third kappa shape index (κ3) is 4.18. The van der Waals surface area contributed by atoms with E-state index in [1.807, 2.05) is 31.2 Å². The van der Waals surface area contributed by atoms with Gasteiger partial charge in [-0.15, -0.1) is 0 Å². The quantitative estimate of drug-likeness (QED) is 0.712. The second-order valence-corrected chi connectivity index (χ2v) is 6.83.